The van der Waals surface area contributed by atoms with E-state index in [4.69, 9.17) is 4.74 Å². The van der Waals surface area contributed by atoms with Gasteiger partial charge >= 0.3 is 0 Å². The van der Waals surface area contributed by atoms with Crippen LogP contribution in [0.4, 0.5) is 0 Å². The van der Waals surface area contributed by atoms with Crippen molar-refractivity contribution in [3.63, 3.8) is 0 Å². The van der Waals surface area contributed by atoms with Crippen molar-refractivity contribution in [1.29, 1.82) is 0 Å². The van der Waals surface area contributed by atoms with Gasteiger partial charge in [-0.1, -0.05) is 0 Å². The maximum Gasteiger partial charge on any atom is 0.188 e. The van der Waals surface area contributed by atoms with Gasteiger partial charge in [0.15, 0.2) is 5.82 Å². The number of ether oxygens (including phenoxy) is 1. The molecular formula is C9H17N5O. The molecule has 1 fully saturated rings. The van der Waals surface area contributed by atoms with Crippen LogP contribution in [0.2, 0.25) is 0 Å². The summed E-state index contributed by atoms with van der Waals surface area (Å²) in [7, 11) is 1.77. The highest BCUT2D eigenvalue weighted by atomic mass is 16.5. The Morgan fingerprint density at radius 1 is 1.60 bits per heavy atom. The molecule has 1 unspecified atom stereocenters. The number of hydrogen-bond donors (Lipinski definition) is 1. The van der Waals surface area contributed by atoms with Crippen molar-refractivity contribution >= 4 is 0 Å². The van der Waals surface area contributed by atoms with E-state index >= 15 is 0 Å². The van der Waals surface area contributed by atoms with Gasteiger partial charge in [0, 0.05) is 13.2 Å². The lowest BCUT2D eigenvalue weighted by Crippen LogP contribution is -2.29. The molecule has 6 nitrogen and oxygen atoms in total. The fourth-order valence-corrected chi connectivity index (χ4v) is 1.75. The van der Waals surface area contributed by atoms with E-state index in [0.717, 1.165) is 25.6 Å². The third-order valence-electron chi connectivity index (χ3n) is 2.52. The molecule has 1 atom stereocenters. The Bertz CT molecular complexity index is 294. The molecule has 0 aromatic carbocycles. The molecule has 2 rings (SSSR count). The first kappa shape index (κ1) is 10.5. The van der Waals surface area contributed by atoms with E-state index in [9.17, 15) is 0 Å². The molecule has 6 heteroatoms. The van der Waals surface area contributed by atoms with Crippen molar-refractivity contribution in [3.05, 3.63) is 5.82 Å². The van der Waals surface area contributed by atoms with Crippen LogP contribution < -0.4 is 5.32 Å². The first-order valence-corrected chi connectivity index (χ1v) is 5.36. The summed E-state index contributed by atoms with van der Waals surface area (Å²) in [6, 6.07) is 0. The third-order valence-corrected chi connectivity index (χ3v) is 2.52. The summed E-state index contributed by atoms with van der Waals surface area (Å²) in [5, 5.41) is 15.1. The lowest BCUT2D eigenvalue weighted by atomic mass is 10.0. The minimum Gasteiger partial charge on any atom is -0.381 e. The molecule has 1 aliphatic rings. The van der Waals surface area contributed by atoms with Gasteiger partial charge in [0.05, 0.1) is 20.2 Å². The second kappa shape index (κ2) is 5.18. The Morgan fingerprint density at radius 3 is 3.20 bits per heavy atom. The summed E-state index contributed by atoms with van der Waals surface area (Å²) in [5.74, 6) is 1.38. The Balaban J connectivity index is 1.65. The summed E-state index contributed by atoms with van der Waals surface area (Å²) in [5.41, 5.74) is 0. The minimum atomic E-state index is 0.635. The number of nitrogens with one attached hydrogen (secondary N) is 1. The SMILES string of the molecule is Cn1nnc(CNCC2CCCOC2)n1. The van der Waals surface area contributed by atoms with Gasteiger partial charge in [-0.25, -0.2) is 0 Å². The maximum absolute atomic E-state index is 5.40. The fourth-order valence-electron chi connectivity index (χ4n) is 1.75. The molecule has 1 aromatic heterocycles. The molecule has 1 aromatic rings. The molecule has 0 saturated carbocycles. The molecule has 84 valence electrons. The Kier molecular flexibility index (Phi) is 3.63. The molecule has 0 radical (unpaired) electrons. The molecule has 15 heavy (non-hydrogen) atoms. The molecule has 1 aliphatic heterocycles. The van der Waals surface area contributed by atoms with Gasteiger partial charge in [-0.05, 0) is 24.0 Å². The zero-order chi connectivity index (χ0) is 10.5. The van der Waals surface area contributed by atoms with Gasteiger partial charge in [0.2, 0.25) is 0 Å². The molecular weight excluding hydrogens is 194 g/mol. The van der Waals surface area contributed by atoms with E-state index in [0.29, 0.717) is 12.5 Å². The number of nitrogens with zero attached hydrogens (tertiary/aromatic N) is 4. The van der Waals surface area contributed by atoms with Gasteiger partial charge in [0.25, 0.3) is 0 Å². The minimum absolute atomic E-state index is 0.635. The van der Waals surface area contributed by atoms with E-state index in [1.807, 2.05) is 0 Å². The number of hydrogen-bond acceptors (Lipinski definition) is 5. The molecule has 0 aliphatic carbocycles. The van der Waals surface area contributed by atoms with Gasteiger partial charge in [-0.3, -0.25) is 0 Å². The standard InChI is InChI=1S/C9H17N5O/c1-14-12-9(11-13-14)6-10-5-8-3-2-4-15-7-8/h8,10H,2-7H2,1H3. The molecule has 1 saturated heterocycles. The number of aromatic nitrogens is 4. The van der Waals surface area contributed by atoms with Gasteiger partial charge in [-0.2, -0.15) is 4.80 Å². The van der Waals surface area contributed by atoms with Gasteiger partial charge in [-0.15, -0.1) is 10.2 Å². The lowest BCUT2D eigenvalue weighted by molar-refractivity contribution is 0.0547. The van der Waals surface area contributed by atoms with Crippen molar-refractivity contribution < 1.29 is 4.74 Å². The summed E-state index contributed by atoms with van der Waals surface area (Å²) in [6.07, 6.45) is 2.43. The third kappa shape index (κ3) is 3.24. The molecule has 2 heterocycles. The first-order valence-electron chi connectivity index (χ1n) is 5.36. The molecule has 0 bridgehead atoms. The van der Waals surface area contributed by atoms with Crippen molar-refractivity contribution in [2.75, 3.05) is 19.8 Å². The van der Waals surface area contributed by atoms with Crippen molar-refractivity contribution in [3.8, 4) is 0 Å². The van der Waals surface area contributed by atoms with Crippen LogP contribution in [0.1, 0.15) is 18.7 Å². The Labute approximate surface area is 89.0 Å². The largest absolute Gasteiger partial charge is 0.381 e. The second-order valence-electron chi connectivity index (χ2n) is 3.91. The monoisotopic (exact) mass is 211 g/mol. The normalized spacial score (nSPS) is 21.8. The van der Waals surface area contributed by atoms with E-state index in [1.165, 1.54) is 17.6 Å². The topological polar surface area (TPSA) is 64.9 Å². The average molecular weight is 211 g/mol. The van der Waals surface area contributed by atoms with E-state index < -0.39 is 0 Å². The number of aryl methyl sites for hydroxylation is 1. The zero-order valence-electron chi connectivity index (χ0n) is 9.02. The number of tetrazole rings is 1. The highest BCUT2D eigenvalue weighted by Crippen LogP contribution is 2.11. The molecule has 0 amide bonds. The van der Waals surface area contributed by atoms with Crippen LogP contribution in [0, 0.1) is 5.92 Å². The summed E-state index contributed by atoms with van der Waals surface area (Å²) < 4.78 is 5.40. The van der Waals surface area contributed by atoms with Crippen molar-refractivity contribution in [2.24, 2.45) is 13.0 Å². The summed E-state index contributed by atoms with van der Waals surface area (Å²) >= 11 is 0. The highest BCUT2D eigenvalue weighted by molar-refractivity contribution is 4.76. The van der Waals surface area contributed by atoms with E-state index in [-0.39, 0.29) is 0 Å². The molecule has 0 spiro atoms. The van der Waals surface area contributed by atoms with Gasteiger partial charge in [0.1, 0.15) is 0 Å². The quantitative estimate of drug-likeness (QED) is 0.742. The predicted octanol–water partition coefficient (Wildman–Crippen LogP) is -0.274. The predicted molar refractivity (Wildman–Crippen MR) is 54.0 cm³/mol. The Hall–Kier alpha value is -1.01. The van der Waals surface area contributed by atoms with Crippen LogP contribution in [0.15, 0.2) is 0 Å². The summed E-state index contributed by atoms with van der Waals surface area (Å²) in [4.78, 5) is 1.47. The lowest BCUT2D eigenvalue weighted by Gasteiger charge is -2.21. The van der Waals surface area contributed by atoms with Crippen LogP contribution in [0.25, 0.3) is 0 Å². The smallest absolute Gasteiger partial charge is 0.188 e. The first-order chi connectivity index (χ1) is 7.34. The van der Waals surface area contributed by atoms with Crippen molar-refractivity contribution in [1.82, 2.24) is 25.5 Å². The van der Waals surface area contributed by atoms with Crippen LogP contribution in [0.5, 0.6) is 0 Å². The zero-order valence-corrected chi connectivity index (χ0v) is 9.02. The maximum atomic E-state index is 5.40. The van der Waals surface area contributed by atoms with E-state index in [2.05, 4.69) is 20.7 Å². The number of rotatable bonds is 4. The van der Waals surface area contributed by atoms with Crippen LogP contribution in [0.3, 0.4) is 0 Å². The summed E-state index contributed by atoms with van der Waals surface area (Å²) in [6.45, 7) is 3.45. The van der Waals surface area contributed by atoms with E-state index in [1.54, 1.807) is 7.05 Å². The second-order valence-corrected chi connectivity index (χ2v) is 3.91. The Morgan fingerprint density at radius 2 is 2.53 bits per heavy atom. The molecule has 1 N–H and O–H groups in total. The van der Waals surface area contributed by atoms with Gasteiger partial charge < -0.3 is 10.1 Å². The highest BCUT2D eigenvalue weighted by Gasteiger charge is 2.13. The van der Waals surface area contributed by atoms with Crippen LogP contribution in [-0.2, 0) is 18.3 Å². The average Bonchev–Trinajstić information content (AvgIpc) is 2.66. The van der Waals surface area contributed by atoms with Crippen LogP contribution in [-0.4, -0.2) is 40.0 Å². The van der Waals surface area contributed by atoms with Crippen LogP contribution >= 0.6 is 0 Å². The van der Waals surface area contributed by atoms with Crippen molar-refractivity contribution in [2.45, 2.75) is 19.4 Å². The fraction of sp³-hybridized carbons (Fsp3) is 0.889.